The molecule has 140 valence electrons. The quantitative estimate of drug-likeness (QED) is 0.798. The molecule has 3 N–H and O–H groups in total. The van der Waals surface area contributed by atoms with Crippen LogP contribution in [0, 0.1) is 13.8 Å². The molecule has 6 nitrogen and oxygen atoms in total. The Labute approximate surface area is 157 Å². The number of carbonyl (C=O) groups is 2. The third kappa shape index (κ3) is 3.82. The van der Waals surface area contributed by atoms with Gasteiger partial charge in [-0.2, -0.15) is 0 Å². The van der Waals surface area contributed by atoms with Gasteiger partial charge in [0.1, 0.15) is 9.71 Å². The van der Waals surface area contributed by atoms with Crippen molar-refractivity contribution in [2.45, 2.75) is 65.0 Å². The van der Waals surface area contributed by atoms with Crippen molar-refractivity contribution < 1.29 is 14.3 Å². The predicted molar refractivity (Wildman–Crippen MR) is 103 cm³/mol. The number of hydrogen-bond acceptors (Lipinski definition) is 6. The van der Waals surface area contributed by atoms with Crippen LogP contribution in [0.1, 0.15) is 60.0 Å². The summed E-state index contributed by atoms with van der Waals surface area (Å²) < 4.78 is 5.37. The molecule has 0 aliphatic heterocycles. The van der Waals surface area contributed by atoms with E-state index in [-0.39, 0.29) is 11.9 Å². The van der Waals surface area contributed by atoms with E-state index < -0.39 is 12.1 Å². The monoisotopic (exact) mass is 375 g/mol. The summed E-state index contributed by atoms with van der Waals surface area (Å²) in [6.45, 7) is 5.43. The third-order valence-corrected chi connectivity index (χ3v) is 5.89. The SMILES string of the molecule is Cc1cc(C)c2c(N)c(C(=O)OC(C)C(=O)NC3CCCCC3)sc2n1. The molecular weight excluding hydrogens is 350 g/mol. The molecule has 1 saturated carbocycles. The Balaban J connectivity index is 1.71. The Morgan fingerprint density at radius 3 is 2.69 bits per heavy atom. The molecule has 7 heteroatoms. The largest absolute Gasteiger partial charge is 0.448 e. The lowest BCUT2D eigenvalue weighted by Gasteiger charge is -2.24. The number of nitrogens with zero attached hydrogens (tertiary/aromatic N) is 1. The minimum Gasteiger partial charge on any atom is -0.448 e. The van der Waals surface area contributed by atoms with Gasteiger partial charge >= 0.3 is 5.97 Å². The second-order valence-electron chi connectivity index (χ2n) is 7.00. The standard InChI is InChI=1S/C19H25N3O3S/c1-10-9-11(2)21-18-14(10)15(20)16(26-18)19(24)25-12(3)17(23)22-13-7-5-4-6-8-13/h9,12-13H,4-8,20H2,1-3H3,(H,22,23). The number of ether oxygens (including phenoxy) is 1. The first kappa shape index (κ1) is 18.6. The van der Waals surface area contributed by atoms with Crippen molar-refractivity contribution in [2.24, 2.45) is 0 Å². The van der Waals surface area contributed by atoms with Gasteiger partial charge in [0.15, 0.2) is 6.10 Å². The van der Waals surface area contributed by atoms with E-state index in [0.29, 0.717) is 15.4 Å². The van der Waals surface area contributed by atoms with Crippen LogP contribution in [0.25, 0.3) is 10.2 Å². The summed E-state index contributed by atoms with van der Waals surface area (Å²) in [5.74, 6) is -0.830. The van der Waals surface area contributed by atoms with E-state index in [1.165, 1.54) is 17.8 Å². The van der Waals surface area contributed by atoms with Crippen molar-refractivity contribution in [3.63, 3.8) is 0 Å². The number of thiophene rings is 1. The van der Waals surface area contributed by atoms with Crippen LogP contribution in [0.5, 0.6) is 0 Å². The van der Waals surface area contributed by atoms with Gasteiger partial charge in [0.05, 0.1) is 5.69 Å². The Kier molecular flexibility index (Phi) is 5.46. The molecule has 1 atom stereocenters. The molecule has 26 heavy (non-hydrogen) atoms. The molecular formula is C19H25N3O3S. The summed E-state index contributed by atoms with van der Waals surface area (Å²) in [7, 11) is 0. The number of nitrogens with two attached hydrogens (primary N) is 1. The van der Waals surface area contributed by atoms with Gasteiger partial charge in [-0.25, -0.2) is 9.78 Å². The highest BCUT2D eigenvalue weighted by Gasteiger charge is 2.26. The number of anilines is 1. The Hall–Kier alpha value is -2.15. The number of rotatable bonds is 4. The first-order valence-corrected chi connectivity index (χ1v) is 9.86. The van der Waals surface area contributed by atoms with E-state index in [1.54, 1.807) is 6.92 Å². The van der Waals surface area contributed by atoms with Crippen LogP contribution in [0.3, 0.4) is 0 Å². The lowest BCUT2D eigenvalue weighted by molar-refractivity contribution is -0.130. The first-order chi connectivity index (χ1) is 12.4. The third-order valence-electron chi connectivity index (χ3n) is 4.81. The summed E-state index contributed by atoms with van der Waals surface area (Å²) in [6.07, 6.45) is 4.59. The summed E-state index contributed by atoms with van der Waals surface area (Å²) in [4.78, 5) is 30.3. The second-order valence-corrected chi connectivity index (χ2v) is 8.00. The highest BCUT2D eigenvalue weighted by molar-refractivity contribution is 7.21. The van der Waals surface area contributed by atoms with Gasteiger partial charge in [0.2, 0.25) is 0 Å². The van der Waals surface area contributed by atoms with E-state index in [2.05, 4.69) is 10.3 Å². The molecule has 3 rings (SSSR count). The number of amides is 1. The first-order valence-electron chi connectivity index (χ1n) is 9.04. The molecule has 0 saturated heterocycles. The number of fused-ring (bicyclic) bond motifs is 1. The molecule has 2 aromatic heterocycles. The maximum Gasteiger partial charge on any atom is 0.351 e. The van der Waals surface area contributed by atoms with Gasteiger partial charge in [-0.05, 0) is 45.2 Å². The number of carbonyl (C=O) groups excluding carboxylic acids is 2. The topological polar surface area (TPSA) is 94.3 Å². The van der Waals surface area contributed by atoms with Crippen LogP contribution in [0.15, 0.2) is 6.07 Å². The fourth-order valence-corrected chi connectivity index (χ4v) is 4.55. The Bertz CT molecular complexity index is 840. The van der Waals surface area contributed by atoms with E-state index >= 15 is 0 Å². The number of aryl methyl sites for hydroxylation is 2. The van der Waals surface area contributed by atoms with Crippen molar-refractivity contribution in [1.82, 2.24) is 10.3 Å². The van der Waals surface area contributed by atoms with E-state index in [9.17, 15) is 9.59 Å². The van der Waals surface area contributed by atoms with Gasteiger partial charge in [0, 0.05) is 17.1 Å². The fourth-order valence-electron chi connectivity index (χ4n) is 3.45. The van der Waals surface area contributed by atoms with Crippen LogP contribution >= 0.6 is 11.3 Å². The molecule has 0 bridgehead atoms. The zero-order chi connectivity index (χ0) is 18.8. The summed E-state index contributed by atoms with van der Waals surface area (Å²) in [5, 5.41) is 3.76. The molecule has 0 spiro atoms. The molecule has 1 amide bonds. The smallest absolute Gasteiger partial charge is 0.351 e. The van der Waals surface area contributed by atoms with Crippen molar-refractivity contribution in [3.05, 3.63) is 22.2 Å². The Morgan fingerprint density at radius 2 is 2.00 bits per heavy atom. The van der Waals surface area contributed by atoms with E-state index in [4.69, 9.17) is 10.5 Å². The summed E-state index contributed by atoms with van der Waals surface area (Å²) in [6, 6.07) is 2.11. The molecule has 0 aromatic carbocycles. The number of esters is 1. The number of aromatic nitrogens is 1. The number of nitrogens with one attached hydrogen (secondary N) is 1. The van der Waals surface area contributed by atoms with Gasteiger partial charge < -0.3 is 15.8 Å². The minimum atomic E-state index is -0.857. The molecule has 2 aromatic rings. The molecule has 0 radical (unpaired) electrons. The van der Waals surface area contributed by atoms with Gasteiger partial charge in [-0.15, -0.1) is 11.3 Å². The van der Waals surface area contributed by atoms with Crippen molar-refractivity contribution in [3.8, 4) is 0 Å². The maximum atomic E-state index is 12.5. The Morgan fingerprint density at radius 1 is 1.31 bits per heavy atom. The van der Waals surface area contributed by atoms with Crippen molar-refractivity contribution >= 4 is 39.1 Å². The lowest BCUT2D eigenvalue weighted by Crippen LogP contribution is -2.42. The lowest BCUT2D eigenvalue weighted by atomic mass is 9.95. The zero-order valence-corrected chi connectivity index (χ0v) is 16.2. The highest BCUT2D eigenvalue weighted by Crippen LogP contribution is 2.35. The van der Waals surface area contributed by atoms with Crippen LogP contribution in [-0.4, -0.2) is 29.0 Å². The van der Waals surface area contributed by atoms with Gasteiger partial charge in [-0.3, -0.25) is 4.79 Å². The highest BCUT2D eigenvalue weighted by atomic mass is 32.1. The van der Waals surface area contributed by atoms with Crippen molar-refractivity contribution in [2.75, 3.05) is 5.73 Å². The van der Waals surface area contributed by atoms with Crippen LogP contribution in [-0.2, 0) is 9.53 Å². The summed E-state index contributed by atoms with van der Waals surface area (Å²) >= 11 is 1.21. The number of hydrogen-bond donors (Lipinski definition) is 2. The summed E-state index contributed by atoms with van der Waals surface area (Å²) in [5.41, 5.74) is 8.38. The van der Waals surface area contributed by atoms with E-state index in [0.717, 1.165) is 42.3 Å². The van der Waals surface area contributed by atoms with Crippen LogP contribution in [0.2, 0.25) is 0 Å². The fraction of sp³-hybridized carbons (Fsp3) is 0.526. The minimum absolute atomic E-state index is 0.182. The maximum absolute atomic E-state index is 12.5. The molecule has 1 unspecified atom stereocenters. The van der Waals surface area contributed by atoms with E-state index in [1.807, 2.05) is 19.9 Å². The average molecular weight is 375 g/mol. The van der Waals surface area contributed by atoms with Gasteiger partial charge in [0.25, 0.3) is 5.91 Å². The molecule has 1 aliphatic carbocycles. The second kappa shape index (κ2) is 7.61. The van der Waals surface area contributed by atoms with Crippen LogP contribution in [0.4, 0.5) is 5.69 Å². The molecule has 2 heterocycles. The van der Waals surface area contributed by atoms with Crippen LogP contribution < -0.4 is 11.1 Å². The molecule has 1 aliphatic rings. The average Bonchev–Trinajstić information content (AvgIpc) is 2.92. The normalized spacial score (nSPS) is 16.4. The van der Waals surface area contributed by atoms with Gasteiger partial charge in [-0.1, -0.05) is 19.3 Å². The number of nitrogen functional groups attached to an aromatic ring is 1. The predicted octanol–water partition coefficient (Wildman–Crippen LogP) is 3.49. The zero-order valence-electron chi connectivity index (χ0n) is 15.4. The van der Waals surface area contributed by atoms with Crippen molar-refractivity contribution in [1.29, 1.82) is 0 Å². The molecule has 1 fully saturated rings. The number of pyridine rings is 1.